The minimum atomic E-state index is -1.46. The first kappa shape index (κ1) is 14.2. The number of halogens is 4. The van der Waals surface area contributed by atoms with Crippen molar-refractivity contribution in [2.24, 2.45) is 11.5 Å². The van der Waals surface area contributed by atoms with Gasteiger partial charge in [-0.3, -0.25) is 0 Å². The van der Waals surface area contributed by atoms with E-state index < -0.39 is 10.00 Å². The number of hydrogen-bond donors (Lipinski definition) is 2. The van der Waals surface area contributed by atoms with Crippen LogP contribution in [0.5, 0.6) is 0 Å². The highest BCUT2D eigenvalue weighted by Gasteiger charge is 2.44. The summed E-state index contributed by atoms with van der Waals surface area (Å²) in [5, 5.41) is 0.908. The van der Waals surface area contributed by atoms with Crippen LogP contribution < -0.4 is 11.5 Å². The first-order valence-corrected chi connectivity index (χ1v) is 6.58. The van der Waals surface area contributed by atoms with Crippen molar-refractivity contribution in [1.82, 2.24) is 0 Å². The lowest BCUT2D eigenvalue weighted by Gasteiger charge is -2.36. The van der Waals surface area contributed by atoms with E-state index in [0.29, 0.717) is 15.6 Å². The van der Waals surface area contributed by atoms with Crippen molar-refractivity contribution in [2.45, 2.75) is 10.00 Å². The predicted octanol–water partition coefficient (Wildman–Crippen LogP) is 3.65. The minimum absolute atomic E-state index is 0.366. The van der Waals surface area contributed by atoms with Gasteiger partial charge in [0.15, 0.2) is 4.33 Å². The summed E-state index contributed by atoms with van der Waals surface area (Å²) < 4.78 is -1.46. The fraction of sp³-hybridized carbons (Fsp3) is 0.167. The smallest absolute Gasteiger partial charge is 0.171 e. The molecule has 96 valence electrons. The van der Waals surface area contributed by atoms with Crippen LogP contribution in [0.4, 0.5) is 0 Å². The van der Waals surface area contributed by atoms with Gasteiger partial charge in [-0.05, 0) is 18.2 Å². The summed E-state index contributed by atoms with van der Waals surface area (Å²) in [5.41, 5.74) is 11.5. The third-order valence-electron chi connectivity index (χ3n) is 2.69. The highest BCUT2D eigenvalue weighted by atomic mass is 35.5. The Morgan fingerprint density at radius 1 is 0.944 bits per heavy atom. The van der Waals surface area contributed by atoms with Crippen molar-refractivity contribution in [3.8, 4) is 0 Å². The van der Waals surface area contributed by atoms with Crippen molar-refractivity contribution in [1.29, 1.82) is 0 Å². The number of allylic oxidation sites excluding steroid dienone is 2. The van der Waals surface area contributed by atoms with E-state index in [1.807, 2.05) is 18.2 Å². The van der Waals surface area contributed by atoms with Gasteiger partial charge in [0.25, 0.3) is 0 Å². The topological polar surface area (TPSA) is 52.0 Å². The van der Waals surface area contributed by atoms with Gasteiger partial charge in [-0.2, -0.15) is 0 Å². The Morgan fingerprint density at radius 3 is 2.17 bits per heavy atom. The Labute approximate surface area is 125 Å². The first-order chi connectivity index (χ1) is 8.24. The molecule has 2 rings (SSSR count). The average Bonchev–Trinajstić information content (AvgIpc) is 2.24. The van der Waals surface area contributed by atoms with Crippen LogP contribution in [0.25, 0.3) is 5.57 Å². The lowest BCUT2D eigenvalue weighted by molar-refractivity contribution is 0.530. The monoisotopic (exact) mass is 322 g/mol. The molecule has 0 spiro atoms. The van der Waals surface area contributed by atoms with Gasteiger partial charge in [0.1, 0.15) is 5.66 Å². The molecule has 0 aromatic heterocycles. The molecule has 0 radical (unpaired) electrons. The van der Waals surface area contributed by atoms with Gasteiger partial charge in [0, 0.05) is 21.2 Å². The molecule has 0 saturated carbocycles. The number of hydrogen-bond acceptors (Lipinski definition) is 2. The van der Waals surface area contributed by atoms with E-state index in [-0.39, 0.29) is 0 Å². The third-order valence-corrected chi connectivity index (χ3v) is 4.21. The van der Waals surface area contributed by atoms with Crippen LogP contribution in [0, 0.1) is 0 Å². The lowest BCUT2D eigenvalue weighted by atomic mass is 9.93. The van der Waals surface area contributed by atoms with Gasteiger partial charge in [-0.1, -0.05) is 64.6 Å². The number of nitrogens with two attached hydrogens (primary N) is 2. The Bertz CT molecular complexity index is 547. The molecule has 18 heavy (non-hydrogen) atoms. The van der Waals surface area contributed by atoms with Crippen LogP contribution in [-0.4, -0.2) is 10.00 Å². The molecule has 2 nitrogen and oxygen atoms in total. The quantitative estimate of drug-likeness (QED) is 0.612. The highest BCUT2D eigenvalue weighted by molar-refractivity contribution is 6.52. The lowest BCUT2D eigenvalue weighted by Crippen LogP contribution is -2.60. The molecule has 4 N–H and O–H groups in total. The minimum Gasteiger partial charge on any atom is -0.307 e. The molecule has 1 aliphatic carbocycles. The van der Waals surface area contributed by atoms with Crippen molar-refractivity contribution < 1.29 is 0 Å². The standard InChI is InChI=1S/C12H10Cl4N2/c13-9-4-2-1-3-7(9)8-5-11(15,16)12(17,18)6-10(8)14/h1-6H,17-18H2. The van der Waals surface area contributed by atoms with Crippen molar-refractivity contribution in [3.05, 3.63) is 52.0 Å². The van der Waals surface area contributed by atoms with Crippen LogP contribution in [0.2, 0.25) is 5.02 Å². The SMILES string of the molecule is NC1(N)C=C(Cl)C(c2ccccc2Cl)=CC1(Cl)Cl. The molecule has 1 aromatic carbocycles. The molecule has 0 amide bonds. The molecule has 0 fully saturated rings. The van der Waals surface area contributed by atoms with Gasteiger partial charge in [0.2, 0.25) is 0 Å². The van der Waals surface area contributed by atoms with E-state index in [9.17, 15) is 0 Å². The second kappa shape index (κ2) is 4.71. The van der Waals surface area contributed by atoms with Gasteiger partial charge >= 0.3 is 0 Å². The van der Waals surface area contributed by atoms with Gasteiger partial charge in [-0.25, -0.2) is 0 Å². The maximum atomic E-state index is 6.16. The molecule has 1 aromatic rings. The zero-order chi connectivity index (χ0) is 13.6. The zero-order valence-electron chi connectivity index (χ0n) is 9.13. The van der Waals surface area contributed by atoms with Crippen molar-refractivity contribution in [2.75, 3.05) is 0 Å². The van der Waals surface area contributed by atoms with Crippen molar-refractivity contribution >= 4 is 52.0 Å². The predicted molar refractivity (Wildman–Crippen MR) is 78.9 cm³/mol. The number of benzene rings is 1. The second-order valence-corrected chi connectivity index (χ2v) is 6.29. The molecular formula is C12H10Cl4N2. The molecule has 0 heterocycles. The summed E-state index contributed by atoms with van der Waals surface area (Å²) in [6.45, 7) is 0. The van der Waals surface area contributed by atoms with Gasteiger partial charge in [-0.15, -0.1) is 0 Å². The van der Waals surface area contributed by atoms with E-state index in [4.69, 9.17) is 57.9 Å². The number of rotatable bonds is 1. The van der Waals surface area contributed by atoms with Crippen LogP contribution in [0.1, 0.15) is 5.56 Å². The highest BCUT2D eigenvalue weighted by Crippen LogP contribution is 2.44. The Kier molecular flexibility index (Phi) is 3.72. The molecule has 6 heteroatoms. The Balaban J connectivity index is 2.57. The van der Waals surface area contributed by atoms with Gasteiger partial charge < -0.3 is 11.5 Å². The maximum Gasteiger partial charge on any atom is 0.171 e. The zero-order valence-corrected chi connectivity index (χ0v) is 12.2. The summed E-state index contributed by atoms with van der Waals surface area (Å²) in [5.74, 6) is 0. The molecule has 0 aliphatic heterocycles. The molecule has 0 atom stereocenters. The molecule has 0 bridgehead atoms. The summed E-state index contributed by atoms with van der Waals surface area (Å²) in [6.07, 6.45) is 2.94. The largest absolute Gasteiger partial charge is 0.307 e. The van der Waals surface area contributed by atoms with E-state index in [1.54, 1.807) is 6.07 Å². The Morgan fingerprint density at radius 2 is 1.56 bits per heavy atom. The van der Waals surface area contributed by atoms with E-state index in [1.165, 1.54) is 12.2 Å². The normalized spacial score (nSPS) is 21.2. The average molecular weight is 324 g/mol. The second-order valence-electron chi connectivity index (χ2n) is 4.09. The fourth-order valence-corrected chi connectivity index (χ4v) is 2.55. The van der Waals surface area contributed by atoms with Crippen molar-refractivity contribution in [3.63, 3.8) is 0 Å². The molecule has 1 aliphatic rings. The Hall–Kier alpha value is -0.220. The first-order valence-electron chi connectivity index (χ1n) is 5.07. The molecule has 0 unspecified atom stereocenters. The van der Waals surface area contributed by atoms with E-state index >= 15 is 0 Å². The fourth-order valence-electron chi connectivity index (χ4n) is 1.64. The van der Waals surface area contributed by atoms with E-state index in [2.05, 4.69) is 0 Å². The summed E-state index contributed by atoms with van der Waals surface area (Å²) in [7, 11) is 0. The van der Waals surface area contributed by atoms with Crippen LogP contribution in [-0.2, 0) is 0 Å². The molecule has 0 saturated heterocycles. The summed E-state index contributed by atoms with van der Waals surface area (Å²) in [6, 6.07) is 7.22. The molecular weight excluding hydrogens is 314 g/mol. The van der Waals surface area contributed by atoms with Gasteiger partial charge in [0.05, 0.1) is 0 Å². The summed E-state index contributed by atoms with van der Waals surface area (Å²) in [4.78, 5) is 0. The van der Waals surface area contributed by atoms with Crippen LogP contribution >= 0.6 is 46.4 Å². The van der Waals surface area contributed by atoms with Crippen LogP contribution in [0.3, 0.4) is 0 Å². The van der Waals surface area contributed by atoms with Crippen LogP contribution in [0.15, 0.2) is 41.4 Å². The summed E-state index contributed by atoms with van der Waals surface area (Å²) >= 11 is 24.5. The number of alkyl halides is 2. The van der Waals surface area contributed by atoms with E-state index in [0.717, 1.165) is 5.56 Å². The third kappa shape index (κ3) is 2.42. The maximum absolute atomic E-state index is 6.16.